The fourth-order valence-electron chi connectivity index (χ4n) is 3.11. The first kappa shape index (κ1) is 24.2. The Hall–Kier alpha value is -2.47. The van der Waals surface area contributed by atoms with Gasteiger partial charge in [0, 0.05) is 24.5 Å². The van der Waals surface area contributed by atoms with Crippen LogP contribution < -0.4 is 0 Å². The second-order valence-electron chi connectivity index (χ2n) is 7.35. The number of hydrogen-bond acceptors (Lipinski definition) is 4. The van der Waals surface area contributed by atoms with Crippen molar-refractivity contribution in [3.8, 4) is 0 Å². The number of carboxylic acid groups (broad SMARTS) is 1. The monoisotopic (exact) mass is 464 g/mol. The van der Waals surface area contributed by atoms with Crippen molar-refractivity contribution >= 4 is 35.6 Å². The van der Waals surface area contributed by atoms with Crippen molar-refractivity contribution in [3.05, 3.63) is 114 Å². The quantitative estimate of drug-likeness (QED) is 0.221. The van der Waals surface area contributed by atoms with E-state index in [1.807, 2.05) is 84.9 Å². The summed E-state index contributed by atoms with van der Waals surface area (Å²) in [6.07, 6.45) is 2.22. The van der Waals surface area contributed by atoms with Gasteiger partial charge in [-0.1, -0.05) is 97.6 Å². The molecule has 0 bridgehead atoms. The summed E-state index contributed by atoms with van der Waals surface area (Å²) in [5, 5.41) is 10.2. The van der Waals surface area contributed by atoms with E-state index < -0.39 is 10.0 Å². The van der Waals surface area contributed by atoms with E-state index in [1.165, 1.54) is 23.5 Å². The van der Waals surface area contributed by atoms with Gasteiger partial charge in [-0.05, 0) is 22.3 Å². The second kappa shape index (κ2) is 12.5. The molecule has 0 aliphatic rings. The van der Waals surface area contributed by atoms with Crippen LogP contribution in [0.25, 0.3) is 6.08 Å². The summed E-state index contributed by atoms with van der Waals surface area (Å²) in [5.41, 5.74) is 4.36. The molecule has 0 atom stereocenters. The molecule has 0 aromatic heterocycles. The Morgan fingerprint density at radius 1 is 0.844 bits per heavy atom. The molecule has 0 fully saturated rings. The van der Waals surface area contributed by atoms with Gasteiger partial charge < -0.3 is 9.84 Å². The van der Waals surface area contributed by atoms with Crippen LogP contribution in [0.15, 0.2) is 91.5 Å². The van der Waals surface area contributed by atoms with Crippen LogP contribution in [0.3, 0.4) is 0 Å². The summed E-state index contributed by atoms with van der Waals surface area (Å²) in [7, 11) is 0. The molecule has 3 rings (SSSR count). The van der Waals surface area contributed by atoms with Gasteiger partial charge in [0.25, 0.3) is 0 Å². The van der Waals surface area contributed by atoms with Crippen molar-refractivity contribution in [1.82, 2.24) is 0 Å². The van der Waals surface area contributed by atoms with Gasteiger partial charge in [0.1, 0.15) is 0 Å². The Morgan fingerprint density at radius 3 is 1.84 bits per heavy atom. The molecule has 3 nitrogen and oxygen atoms in total. The van der Waals surface area contributed by atoms with Crippen molar-refractivity contribution in [2.24, 2.45) is 0 Å². The third kappa shape index (κ3) is 7.30. The maximum Gasteiger partial charge on any atom is 0.330 e. The van der Waals surface area contributed by atoms with Crippen molar-refractivity contribution in [1.29, 1.82) is 0 Å². The molecule has 0 spiro atoms. The SMILES string of the molecule is C=Cc1ccc(COCCC(SCc2ccccc2)(SCc2ccccc2)C(=O)O)cc1. The summed E-state index contributed by atoms with van der Waals surface area (Å²) < 4.78 is 4.90. The smallest absolute Gasteiger partial charge is 0.330 e. The van der Waals surface area contributed by atoms with Gasteiger partial charge in [0.15, 0.2) is 4.08 Å². The molecular weight excluding hydrogens is 436 g/mol. The van der Waals surface area contributed by atoms with E-state index in [0.717, 1.165) is 22.3 Å². The molecule has 0 radical (unpaired) electrons. The van der Waals surface area contributed by atoms with E-state index in [1.54, 1.807) is 6.08 Å². The van der Waals surface area contributed by atoms with Crippen LogP contribution >= 0.6 is 23.5 Å². The standard InChI is InChI=1S/C27H28O3S2/c1-2-22-13-15-23(16-14-22)19-30-18-17-27(26(28)29,31-20-24-9-5-3-6-10-24)32-21-25-11-7-4-8-12-25/h2-16H,1,17-21H2,(H,28,29). The number of benzene rings is 3. The summed E-state index contributed by atoms with van der Waals surface area (Å²) in [6, 6.07) is 28.0. The van der Waals surface area contributed by atoms with E-state index in [0.29, 0.717) is 31.1 Å². The van der Waals surface area contributed by atoms with Gasteiger partial charge in [-0.3, -0.25) is 0 Å². The number of carbonyl (C=O) groups is 1. The molecule has 0 amide bonds. The molecule has 0 aliphatic carbocycles. The molecule has 32 heavy (non-hydrogen) atoms. The predicted octanol–water partition coefficient (Wildman–Crippen LogP) is 6.88. The zero-order valence-corrected chi connectivity index (χ0v) is 19.6. The third-order valence-electron chi connectivity index (χ3n) is 5.02. The lowest BCUT2D eigenvalue weighted by molar-refractivity contribution is -0.137. The van der Waals surface area contributed by atoms with Gasteiger partial charge >= 0.3 is 5.97 Å². The van der Waals surface area contributed by atoms with E-state index in [-0.39, 0.29) is 0 Å². The van der Waals surface area contributed by atoms with Crippen molar-refractivity contribution in [2.45, 2.75) is 28.6 Å². The van der Waals surface area contributed by atoms with Crippen molar-refractivity contribution < 1.29 is 14.6 Å². The van der Waals surface area contributed by atoms with Crippen LogP contribution in [0.5, 0.6) is 0 Å². The van der Waals surface area contributed by atoms with Gasteiger partial charge in [-0.2, -0.15) is 0 Å². The minimum atomic E-state index is -0.988. The van der Waals surface area contributed by atoms with Gasteiger partial charge in [0.2, 0.25) is 0 Å². The molecular formula is C27H28O3S2. The van der Waals surface area contributed by atoms with Gasteiger partial charge in [0.05, 0.1) is 6.61 Å². The molecule has 1 N–H and O–H groups in total. The Labute approximate surface area is 198 Å². The van der Waals surface area contributed by atoms with E-state index >= 15 is 0 Å². The minimum absolute atomic E-state index is 0.374. The number of hydrogen-bond donors (Lipinski definition) is 1. The topological polar surface area (TPSA) is 46.5 Å². The largest absolute Gasteiger partial charge is 0.480 e. The van der Waals surface area contributed by atoms with Gasteiger partial charge in [-0.25, -0.2) is 4.79 Å². The highest BCUT2D eigenvalue weighted by atomic mass is 32.2. The number of carboxylic acids is 1. The highest BCUT2D eigenvalue weighted by molar-refractivity contribution is 8.18. The lowest BCUT2D eigenvalue weighted by Gasteiger charge is -2.28. The zero-order valence-electron chi connectivity index (χ0n) is 18.0. The predicted molar refractivity (Wildman–Crippen MR) is 137 cm³/mol. The van der Waals surface area contributed by atoms with Crippen molar-refractivity contribution in [3.63, 3.8) is 0 Å². The lowest BCUT2D eigenvalue weighted by Crippen LogP contribution is -2.33. The molecule has 3 aromatic carbocycles. The zero-order chi connectivity index (χ0) is 22.7. The first-order valence-corrected chi connectivity index (χ1v) is 12.5. The minimum Gasteiger partial charge on any atom is -0.480 e. The molecule has 5 heteroatoms. The molecule has 0 aliphatic heterocycles. The Kier molecular flexibility index (Phi) is 9.47. The van der Waals surface area contributed by atoms with Crippen LogP contribution in [0, 0.1) is 0 Å². The molecule has 166 valence electrons. The third-order valence-corrected chi connectivity index (χ3v) is 8.37. The highest BCUT2D eigenvalue weighted by Crippen LogP contribution is 2.44. The van der Waals surface area contributed by atoms with Crippen molar-refractivity contribution in [2.75, 3.05) is 6.61 Å². The first-order chi connectivity index (χ1) is 15.6. The van der Waals surface area contributed by atoms with Crippen LogP contribution in [-0.4, -0.2) is 21.8 Å². The molecule has 0 saturated heterocycles. The first-order valence-electron chi connectivity index (χ1n) is 10.5. The molecule has 0 saturated carbocycles. The number of ether oxygens (including phenoxy) is 1. The maximum atomic E-state index is 12.5. The Balaban J connectivity index is 1.65. The Morgan fingerprint density at radius 2 is 1.38 bits per heavy atom. The average molecular weight is 465 g/mol. The average Bonchev–Trinajstić information content (AvgIpc) is 2.84. The summed E-state index contributed by atoms with van der Waals surface area (Å²) in [4.78, 5) is 12.5. The molecule has 0 heterocycles. The summed E-state index contributed by atoms with van der Waals surface area (Å²) >= 11 is 2.95. The lowest BCUT2D eigenvalue weighted by atomic mass is 10.1. The highest BCUT2D eigenvalue weighted by Gasteiger charge is 2.39. The van der Waals surface area contributed by atoms with Crippen LogP contribution in [0.4, 0.5) is 0 Å². The summed E-state index contributed by atoms with van der Waals surface area (Å²) in [6.45, 7) is 4.60. The fraction of sp³-hybridized carbons (Fsp3) is 0.222. The van der Waals surface area contributed by atoms with Crippen LogP contribution in [-0.2, 0) is 27.6 Å². The second-order valence-corrected chi connectivity index (χ2v) is 10.2. The van der Waals surface area contributed by atoms with Crippen LogP contribution in [0.2, 0.25) is 0 Å². The summed E-state index contributed by atoms with van der Waals surface area (Å²) in [5.74, 6) is 0.467. The fourth-order valence-corrected chi connectivity index (χ4v) is 5.68. The van der Waals surface area contributed by atoms with E-state index in [4.69, 9.17) is 4.74 Å². The van der Waals surface area contributed by atoms with Crippen LogP contribution in [0.1, 0.15) is 28.7 Å². The number of thioether (sulfide) groups is 2. The number of aliphatic carboxylic acids is 1. The Bertz CT molecular complexity index is 929. The van der Waals surface area contributed by atoms with E-state index in [9.17, 15) is 9.90 Å². The number of rotatable bonds is 13. The maximum absolute atomic E-state index is 12.5. The molecule has 0 unspecified atom stereocenters. The van der Waals surface area contributed by atoms with Gasteiger partial charge in [-0.15, -0.1) is 23.5 Å². The molecule has 3 aromatic rings. The normalized spacial score (nSPS) is 11.2. The van der Waals surface area contributed by atoms with E-state index in [2.05, 4.69) is 6.58 Å².